The monoisotopic (exact) mass is 249 g/mol. The number of nitriles is 1. The second kappa shape index (κ2) is 4.23. The first kappa shape index (κ1) is 13.9. The van der Waals surface area contributed by atoms with E-state index in [4.69, 9.17) is 4.74 Å². The average Bonchev–Trinajstić information content (AvgIpc) is 2.77. The van der Waals surface area contributed by atoms with Crippen molar-refractivity contribution in [3.63, 3.8) is 0 Å². The van der Waals surface area contributed by atoms with E-state index >= 15 is 0 Å². The summed E-state index contributed by atoms with van der Waals surface area (Å²) in [7, 11) is 0. The Morgan fingerprint density at radius 2 is 1.89 bits per heavy atom. The van der Waals surface area contributed by atoms with Crippen LogP contribution in [0.4, 0.5) is 0 Å². The fraction of sp³-hybridized carbons (Fsp3) is 0.938. The van der Waals surface area contributed by atoms with Gasteiger partial charge in [0.25, 0.3) is 0 Å². The summed E-state index contributed by atoms with van der Waals surface area (Å²) < 4.78 is 6.21. The highest BCUT2D eigenvalue weighted by Crippen LogP contribution is 2.57. The number of rotatable bonds is 2. The molecule has 0 spiro atoms. The first-order valence-electron chi connectivity index (χ1n) is 7.36. The van der Waals surface area contributed by atoms with Gasteiger partial charge in [0.05, 0.1) is 22.7 Å². The van der Waals surface area contributed by atoms with E-state index < -0.39 is 0 Å². The Morgan fingerprint density at radius 1 is 1.22 bits per heavy atom. The normalized spacial score (nSPS) is 41.8. The first-order valence-corrected chi connectivity index (χ1v) is 7.36. The highest BCUT2D eigenvalue weighted by molar-refractivity contribution is 5.14. The van der Waals surface area contributed by atoms with Crippen LogP contribution >= 0.6 is 0 Å². The van der Waals surface area contributed by atoms with Gasteiger partial charge >= 0.3 is 0 Å². The molecule has 102 valence electrons. The second-order valence-corrected chi connectivity index (χ2v) is 7.51. The zero-order valence-electron chi connectivity index (χ0n) is 12.5. The highest BCUT2D eigenvalue weighted by atomic mass is 16.5. The molecule has 3 unspecified atom stereocenters. The van der Waals surface area contributed by atoms with Gasteiger partial charge in [-0.25, -0.2) is 0 Å². The summed E-state index contributed by atoms with van der Waals surface area (Å²) in [4.78, 5) is 0. The van der Waals surface area contributed by atoms with Crippen LogP contribution in [-0.2, 0) is 4.74 Å². The topological polar surface area (TPSA) is 33.0 Å². The highest BCUT2D eigenvalue weighted by Gasteiger charge is 2.57. The maximum absolute atomic E-state index is 9.79. The molecule has 1 saturated carbocycles. The molecule has 0 amide bonds. The van der Waals surface area contributed by atoms with Crippen LogP contribution in [0.5, 0.6) is 0 Å². The van der Waals surface area contributed by atoms with Crippen molar-refractivity contribution in [3.8, 4) is 6.07 Å². The Balaban J connectivity index is 2.27. The van der Waals surface area contributed by atoms with Crippen LogP contribution in [0.1, 0.15) is 66.7 Å². The van der Waals surface area contributed by atoms with Gasteiger partial charge in [-0.3, -0.25) is 0 Å². The minimum Gasteiger partial charge on any atom is -0.369 e. The fourth-order valence-electron chi connectivity index (χ4n) is 4.45. The molecule has 2 nitrogen and oxygen atoms in total. The number of hydrogen-bond acceptors (Lipinski definition) is 2. The standard InChI is InChI=1S/C16H27NO/c1-6-12-7-8-16(9-12,11-17)13-10-14(2,3)18-15(13,4)5/h12-13H,6-10H2,1-5H3. The summed E-state index contributed by atoms with van der Waals surface area (Å²) in [6.07, 6.45) is 5.59. The third kappa shape index (κ3) is 2.18. The molecular weight excluding hydrogens is 222 g/mol. The lowest BCUT2D eigenvalue weighted by molar-refractivity contribution is -0.0846. The molecule has 2 aliphatic rings. The van der Waals surface area contributed by atoms with Gasteiger partial charge in [0.1, 0.15) is 0 Å². The van der Waals surface area contributed by atoms with E-state index in [0.717, 1.165) is 25.2 Å². The number of ether oxygens (including phenoxy) is 1. The van der Waals surface area contributed by atoms with Gasteiger partial charge < -0.3 is 4.74 Å². The molecule has 1 heterocycles. The van der Waals surface area contributed by atoms with Crippen LogP contribution in [0.25, 0.3) is 0 Å². The van der Waals surface area contributed by atoms with E-state index in [1.807, 2.05) is 0 Å². The van der Waals surface area contributed by atoms with Crippen molar-refractivity contribution in [3.05, 3.63) is 0 Å². The third-order valence-electron chi connectivity index (χ3n) is 5.19. The smallest absolute Gasteiger partial charge is 0.0693 e. The van der Waals surface area contributed by atoms with Crippen LogP contribution in [0.15, 0.2) is 0 Å². The van der Waals surface area contributed by atoms with Gasteiger partial charge in [-0.05, 0) is 59.3 Å². The summed E-state index contributed by atoms with van der Waals surface area (Å²) in [6.45, 7) is 10.9. The van der Waals surface area contributed by atoms with Gasteiger partial charge in [-0.15, -0.1) is 0 Å². The molecule has 0 radical (unpaired) electrons. The van der Waals surface area contributed by atoms with Gasteiger partial charge in [-0.2, -0.15) is 5.26 Å². The van der Waals surface area contributed by atoms with E-state index in [0.29, 0.717) is 5.92 Å². The predicted octanol–water partition coefficient (Wildman–Crippen LogP) is 4.30. The largest absolute Gasteiger partial charge is 0.369 e. The maximum atomic E-state index is 9.79. The van der Waals surface area contributed by atoms with Gasteiger partial charge in [-0.1, -0.05) is 13.3 Å². The molecule has 2 rings (SSSR count). The Hall–Kier alpha value is -0.550. The lowest BCUT2D eigenvalue weighted by Crippen LogP contribution is -2.39. The lowest BCUT2D eigenvalue weighted by atomic mass is 9.66. The average molecular weight is 249 g/mol. The van der Waals surface area contributed by atoms with Crippen LogP contribution in [0, 0.1) is 28.6 Å². The zero-order valence-corrected chi connectivity index (χ0v) is 12.5. The van der Waals surface area contributed by atoms with E-state index in [1.54, 1.807) is 0 Å². The number of nitrogens with zero attached hydrogens (tertiary/aromatic N) is 1. The van der Waals surface area contributed by atoms with Crippen molar-refractivity contribution in [2.24, 2.45) is 17.3 Å². The van der Waals surface area contributed by atoms with Crippen molar-refractivity contribution in [2.45, 2.75) is 77.9 Å². The zero-order chi connectivity index (χ0) is 13.6. The number of hydrogen-bond donors (Lipinski definition) is 0. The van der Waals surface area contributed by atoms with Crippen LogP contribution in [-0.4, -0.2) is 11.2 Å². The molecule has 0 N–H and O–H groups in total. The molecule has 0 aromatic rings. The van der Waals surface area contributed by atoms with Crippen molar-refractivity contribution in [1.82, 2.24) is 0 Å². The Labute approximate surface area is 112 Å². The van der Waals surface area contributed by atoms with Crippen LogP contribution in [0.3, 0.4) is 0 Å². The quantitative estimate of drug-likeness (QED) is 0.731. The third-order valence-corrected chi connectivity index (χ3v) is 5.19. The molecule has 2 fully saturated rings. The Morgan fingerprint density at radius 3 is 2.28 bits per heavy atom. The van der Waals surface area contributed by atoms with Crippen molar-refractivity contribution >= 4 is 0 Å². The summed E-state index contributed by atoms with van der Waals surface area (Å²) in [6, 6.07) is 2.70. The lowest BCUT2D eigenvalue weighted by Gasteiger charge is -2.36. The van der Waals surface area contributed by atoms with Gasteiger partial charge in [0.15, 0.2) is 0 Å². The van der Waals surface area contributed by atoms with Crippen molar-refractivity contribution in [1.29, 1.82) is 5.26 Å². The second-order valence-electron chi connectivity index (χ2n) is 7.51. The van der Waals surface area contributed by atoms with Gasteiger partial charge in [0, 0.05) is 5.92 Å². The molecule has 1 aliphatic heterocycles. The van der Waals surface area contributed by atoms with Gasteiger partial charge in [0.2, 0.25) is 0 Å². The molecule has 1 aliphatic carbocycles. The molecule has 0 aromatic heterocycles. The predicted molar refractivity (Wildman–Crippen MR) is 73.0 cm³/mol. The Bertz CT molecular complexity index is 366. The first-order chi connectivity index (χ1) is 8.25. The molecule has 0 bridgehead atoms. The van der Waals surface area contributed by atoms with E-state index in [2.05, 4.69) is 40.7 Å². The molecule has 2 heteroatoms. The summed E-state index contributed by atoms with van der Waals surface area (Å²) in [5.41, 5.74) is -0.387. The molecule has 0 aromatic carbocycles. The minimum atomic E-state index is -0.165. The molecule has 1 saturated heterocycles. The van der Waals surface area contributed by atoms with E-state index in [9.17, 15) is 5.26 Å². The summed E-state index contributed by atoms with van der Waals surface area (Å²) >= 11 is 0. The summed E-state index contributed by atoms with van der Waals surface area (Å²) in [5, 5.41) is 9.79. The van der Waals surface area contributed by atoms with Crippen molar-refractivity contribution < 1.29 is 4.74 Å². The minimum absolute atomic E-state index is 0.0810. The van der Waals surface area contributed by atoms with E-state index in [-0.39, 0.29) is 16.6 Å². The van der Waals surface area contributed by atoms with Crippen LogP contribution in [0.2, 0.25) is 0 Å². The van der Waals surface area contributed by atoms with Crippen molar-refractivity contribution in [2.75, 3.05) is 0 Å². The summed E-state index contributed by atoms with van der Waals surface area (Å²) in [5.74, 6) is 1.12. The van der Waals surface area contributed by atoms with E-state index in [1.165, 1.54) is 12.8 Å². The maximum Gasteiger partial charge on any atom is 0.0693 e. The molecular formula is C16H27NO. The fourth-order valence-corrected chi connectivity index (χ4v) is 4.45. The molecule has 3 atom stereocenters. The molecule has 18 heavy (non-hydrogen) atoms. The Kier molecular flexibility index (Phi) is 3.26. The SMILES string of the molecule is CCC1CCC(C#N)(C2CC(C)(C)OC2(C)C)C1. The van der Waals surface area contributed by atoms with Crippen LogP contribution < -0.4 is 0 Å².